The van der Waals surface area contributed by atoms with Crippen LogP contribution in [0.1, 0.15) is 18.3 Å². The van der Waals surface area contributed by atoms with Crippen LogP contribution in [0.2, 0.25) is 0 Å². The number of nitrogens with zero attached hydrogens (tertiary/aromatic N) is 3. The van der Waals surface area contributed by atoms with Crippen LogP contribution in [0.25, 0.3) is 33.3 Å². The number of fused-ring (bicyclic) bond motifs is 2. The molecular formula is C19H19N5. The fourth-order valence-electron chi connectivity index (χ4n) is 3.42. The van der Waals surface area contributed by atoms with Crippen molar-refractivity contribution in [2.75, 3.05) is 6.54 Å². The number of H-pyrrole nitrogens is 2. The Kier molecular flexibility index (Phi) is 2.82. The Balaban J connectivity index is 1.58. The molecule has 5 rings (SSSR count). The first-order valence-electron chi connectivity index (χ1n) is 8.35. The van der Waals surface area contributed by atoms with E-state index < -0.39 is 0 Å². The summed E-state index contributed by atoms with van der Waals surface area (Å²) in [6.45, 7) is 6.48. The van der Waals surface area contributed by atoms with Crippen LogP contribution in [0.15, 0.2) is 36.5 Å². The van der Waals surface area contributed by atoms with E-state index in [0.29, 0.717) is 0 Å². The molecule has 1 aromatic carbocycles. The second kappa shape index (κ2) is 4.92. The molecule has 2 unspecified atom stereocenters. The van der Waals surface area contributed by atoms with Crippen LogP contribution >= 0.6 is 0 Å². The Bertz CT molecular complexity index is 1060. The lowest BCUT2D eigenvalue weighted by Gasteiger charge is -2.02. The smallest absolute Gasteiger partial charge is 0.158 e. The molecule has 1 fully saturated rings. The lowest BCUT2D eigenvalue weighted by Crippen LogP contribution is -1.99. The minimum Gasteiger partial charge on any atom is -0.354 e. The highest BCUT2D eigenvalue weighted by Gasteiger charge is 2.28. The minimum absolute atomic E-state index is 0.732. The molecule has 2 atom stereocenters. The van der Waals surface area contributed by atoms with Crippen molar-refractivity contribution in [2.45, 2.75) is 26.4 Å². The number of benzene rings is 1. The SMILES string of the molecule is Cc1nc2c(-c3cc4cc(CN5CC5C)ccc4[nH]3)ccnc2[nH]1. The van der Waals surface area contributed by atoms with Gasteiger partial charge in [-0.3, -0.25) is 4.90 Å². The Morgan fingerprint density at radius 2 is 2.08 bits per heavy atom. The maximum Gasteiger partial charge on any atom is 0.158 e. The molecule has 0 bridgehead atoms. The normalized spacial score (nSPS) is 20.1. The van der Waals surface area contributed by atoms with Gasteiger partial charge in [-0.1, -0.05) is 6.07 Å². The van der Waals surface area contributed by atoms with Crippen LogP contribution in [0.5, 0.6) is 0 Å². The standard InChI is InChI=1S/C19H19N5/c1-11-9-24(11)10-13-3-4-16-14(7-13)8-17(23-16)15-5-6-20-19-18(15)21-12(2)22-19/h3-8,11,23H,9-10H2,1-2H3,(H,20,21,22). The van der Waals surface area contributed by atoms with E-state index in [0.717, 1.165) is 46.3 Å². The first-order chi connectivity index (χ1) is 11.7. The molecule has 4 heterocycles. The predicted molar refractivity (Wildman–Crippen MR) is 95.8 cm³/mol. The summed E-state index contributed by atoms with van der Waals surface area (Å²) in [6.07, 6.45) is 1.83. The zero-order valence-electron chi connectivity index (χ0n) is 13.8. The van der Waals surface area contributed by atoms with Crippen molar-refractivity contribution in [3.63, 3.8) is 0 Å². The molecule has 1 aliphatic rings. The molecule has 1 aliphatic heterocycles. The highest BCUT2D eigenvalue weighted by molar-refractivity contribution is 5.94. The summed E-state index contributed by atoms with van der Waals surface area (Å²) in [4.78, 5) is 18.1. The van der Waals surface area contributed by atoms with E-state index >= 15 is 0 Å². The molecule has 0 saturated carbocycles. The average Bonchev–Trinajstić information content (AvgIpc) is 2.98. The van der Waals surface area contributed by atoms with Crippen LogP contribution in [-0.2, 0) is 6.54 Å². The lowest BCUT2D eigenvalue weighted by molar-refractivity contribution is 0.515. The van der Waals surface area contributed by atoms with E-state index in [4.69, 9.17) is 0 Å². The van der Waals surface area contributed by atoms with Gasteiger partial charge in [0.15, 0.2) is 5.65 Å². The monoisotopic (exact) mass is 317 g/mol. The molecule has 0 aliphatic carbocycles. The molecule has 0 spiro atoms. The second-order valence-electron chi connectivity index (χ2n) is 6.76. The first-order valence-corrected chi connectivity index (χ1v) is 8.35. The number of nitrogens with one attached hydrogen (secondary N) is 2. The molecule has 24 heavy (non-hydrogen) atoms. The van der Waals surface area contributed by atoms with Gasteiger partial charge in [0.05, 0.1) is 0 Å². The van der Waals surface area contributed by atoms with Crippen molar-refractivity contribution in [2.24, 2.45) is 0 Å². The highest BCUT2D eigenvalue weighted by atomic mass is 15.3. The second-order valence-corrected chi connectivity index (χ2v) is 6.76. The van der Waals surface area contributed by atoms with Gasteiger partial charge >= 0.3 is 0 Å². The zero-order chi connectivity index (χ0) is 16.3. The van der Waals surface area contributed by atoms with Gasteiger partial charge in [0, 0.05) is 47.5 Å². The number of imidazole rings is 1. The molecule has 2 N–H and O–H groups in total. The number of pyridine rings is 1. The summed E-state index contributed by atoms with van der Waals surface area (Å²) in [6, 6.07) is 11.6. The van der Waals surface area contributed by atoms with Crippen molar-refractivity contribution in [3.05, 3.63) is 47.9 Å². The number of hydrogen-bond donors (Lipinski definition) is 2. The van der Waals surface area contributed by atoms with Crippen molar-refractivity contribution >= 4 is 22.1 Å². The average molecular weight is 317 g/mol. The Hall–Kier alpha value is -2.66. The van der Waals surface area contributed by atoms with E-state index in [1.165, 1.54) is 17.5 Å². The molecular weight excluding hydrogens is 298 g/mol. The van der Waals surface area contributed by atoms with Crippen LogP contribution in [0.4, 0.5) is 0 Å². The van der Waals surface area contributed by atoms with Gasteiger partial charge in [-0.25, -0.2) is 9.97 Å². The molecule has 0 amide bonds. The fourth-order valence-corrected chi connectivity index (χ4v) is 3.42. The van der Waals surface area contributed by atoms with Gasteiger partial charge < -0.3 is 9.97 Å². The van der Waals surface area contributed by atoms with Crippen molar-refractivity contribution in [3.8, 4) is 11.3 Å². The van der Waals surface area contributed by atoms with Gasteiger partial charge in [-0.15, -0.1) is 0 Å². The van der Waals surface area contributed by atoms with E-state index in [-0.39, 0.29) is 0 Å². The maximum atomic E-state index is 4.59. The van der Waals surface area contributed by atoms with E-state index in [1.54, 1.807) is 0 Å². The summed E-state index contributed by atoms with van der Waals surface area (Å²) in [5, 5.41) is 1.24. The fraction of sp³-hybridized carbons (Fsp3) is 0.263. The van der Waals surface area contributed by atoms with E-state index in [9.17, 15) is 0 Å². The number of rotatable bonds is 3. The molecule has 3 aromatic heterocycles. The quantitative estimate of drug-likeness (QED) is 0.567. The van der Waals surface area contributed by atoms with Gasteiger partial charge in [0.2, 0.25) is 0 Å². The minimum atomic E-state index is 0.732. The van der Waals surface area contributed by atoms with E-state index in [1.807, 2.05) is 19.2 Å². The molecule has 4 aromatic rings. The summed E-state index contributed by atoms with van der Waals surface area (Å²) in [7, 11) is 0. The molecule has 120 valence electrons. The maximum absolute atomic E-state index is 4.59. The lowest BCUT2D eigenvalue weighted by atomic mass is 10.1. The van der Waals surface area contributed by atoms with Crippen molar-refractivity contribution < 1.29 is 0 Å². The number of aryl methyl sites for hydroxylation is 1. The van der Waals surface area contributed by atoms with Crippen LogP contribution in [0.3, 0.4) is 0 Å². The van der Waals surface area contributed by atoms with Crippen LogP contribution < -0.4 is 0 Å². The molecule has 5 nitrogen and oxygen atoms in total. The van der Waals surface area contributed by atoms with Crippen LogP contribution in [-0.4, -0.2) is 37.4 Å². The third kappa shape index (κ3) is 2.20. The summed E-state index contributed by atoms with van der Waals surface area (Å²) in [5.41, 5.74) is 6.44. The number of aromatic amines is 2. The summed E-state index contributed by atoms with van der Waals surface area (Å²) < 4.78 is 0. The third-order valence-electron chi connectivity index (χ3n) is 4.85. The number of hydrogen-bond acceptors (Lipinski definition) is 3. The highest BCUT2D eigenvalue weighted by Crippen LogP contribution is 2.30. The Morgan fingerprint density at radius 1 is 1.21 bits per heavy atom. The van der Waals surface area contributed by atoms with E-state index in [2.05, 4.69) is 56.0 Å². The van der Waals surface area contributed by atoms with Crippen LogP contribution in [0, 0.1) is 6.92 Å². The van der Waals surface area contributed by atoms with Gasteiger partial charge in [0.1, 0.15) is 11.3 Å². The Morgan fingerprint density at radius 3 is 2.92 bits per heavy atom. The predicted octanol–water partition coefficient (Wildman–Crippen LogP) is 3.62. The van der Waals surface area contributed by atoms with Gasteiger partial charge in [-0.05, 0) is 43.7 Å². The van der Waals surface area contributed by atoms with Gasteiger partial charge in [-0.2, -0.15) is 0 Å². The largest absolute Gasteiger partial charge is 0.354 e. The summed E-state index contributed by atoms with van der Waals surface area (Å²) >= 11 is 0. The molecule has 1 saturated heterocycles. The van der Waals surface area contributed by atoms with Gasteiger partial charge in [0.25, 0.3) is 0 Å². The zero-order valence-corrected chi connectivity index (χ0v) is 13.8. The third-order valence-corrected chi connectivity index (χ3v) is 4.85. The summed E-state index contributed by atoms with van der Waals surface area (Å²) in [5.74, 6) is 0.885. The first kappa shape index (κ1) is 13.7. The topological polar surface area (TPSA) is 60.4 Å². The number of aromatic nitrogens is 4. The Labute approximate surface area is 139 Å². The molecule has 5 heteroatoms. The molecule has 0 radical (unpaired) electrons. The van der Waals surface area contributed by atoms with Crippen molar-refractivity contribution in [1.29, 1.82) is 0 Å². The van der Waals surface area contributed by atoms with Crippen molar-refractivity contribution in [1.82, 2.24) is 24.8 Å².